The van der Waals surface area contributed by atoms with Crippen molar-refractivity contribution in [2.24, 2.45) is 0 Å². The van der Waals surface area contributed by atoms with E-state index in [2.05, 4.69) is 40.0 Å². The molecule has 12 nitrogen and oxygen atoms in total. The summed E-state index contributed by atoms with van der Waals surface area (Å²) in [4.78, 5) is 24.7. The summed E-state index contributed by atoms with van der Waals surface area (Å²) in [7, 11) is 0. The highest BCUT2D eigenvalue weighted by atomic mass is 32.1. The number of aryl methyl sites for hydroxylation is 2. The quantitative estimate of drug-likeness (QED) is 0.159. The van der Waals surface area contributed by atoms with E-state index in [-0.39, 0.29) is 54.0 Å². The maximum Gasteiger partial charge on any atom is 0.435 e. The molecule has 2 aromatic carbocycles. The molecule has 0 saturated heterocycles. The summed E-state index contributed by atoms with van der Waals surface area (Å²) in [6.07, 6.45) is -20.1. The second-order valence-electron chi connectivity index (χ2n) is 11.0. The Labute approximate surface area is 312 Å². The normalized spacial score (nSPS) is 12.2. The van der Waals surface area contributed by atoms with Gasteiger partial charge in [-0.2, -0.15) is 62.9 Å². The Bertz CT molecular complexity index is 2170. The molecule has 4 heterocycles. The van der Waals surface area contributed by atoms with Crippen LogP contribution in [0.3, 0.4) is 0 Å². The maximum absolute atomic E-state index is 13.1. The van der Waals surface area contributed by atoms with Crippen LogP contribution in [0.1, 0.15) is 53.5 Å². The smallest absolute Gasteiger partial charge is 0.321 e. The van der Waals surface area contributed by atoms with E-state index in [0.29, 0.717) is 11.4 Å². The Morgan fingerprint density at radius 3 is 1.11 bits per heavy atom. The standard InChI is InChI=1S/2C15H9F6N5OS/c2*1-7-12(28-25-23-7)13(27)22-8-2-4-9(5-3-8)26-11(15(19,20)21)6-10(24-26)14(16,17)18/h2*2-6H,1H3,(H,22,27). The number of aromatic nitrogens is 8. The Kier molecular flexibility index (Phi) is 11.3. The molecular formula is C30H18F12N10O2S2. The molecule has 0 saturated carbocycles. The fourth-order valence-corrected chi connectivity index (χ4v) is 5.57. The monoisotopic (exact) mass is 842 g/mol. The van der Waals surface area contributed by atoms with E-state index < -0.39 is 59.3 Å². The summed E-state index contributed by atoms with van der Waals surface area (Å²) in [6.45, 7) is 3.16. The van der Waals surface area contributed by atoms with Crippen LogP contribution >= 0.6 is 23.1 Å². The van der Waals surface area contributed by atoms with E-state index in [0.717, 1.165) is 47.3 Å². The van der Waals surface area contributed by atoms with Gasteiger partial charge < -0.3 is 10.6 Å². The van der Waals surface area contributed by atoms with Crippen molar-refractivity contribution in [3.05, 3.63) is 105 Å². The molecule has 0 aliphatic carbocycles. The first-order valence-corrected chi connectivity index (χ1v) is 16.4. The van der Waals surface area contributed by atoms with Crippen LogP contribution in [-0.2, 0) is 24.7 Å². The fraction of sp³-hybridized carbons (Fsp3) is 0.200. The van der Waals surface area contributed by atoms with Crippen LogP contribution in [0.25, 0.3) is 11.4 Å². The van der Waals surface area contributed by atoms with Gasteiger partial charge in [-0.1, -0.05) is 8.98 Å². The number of benzene rings is 2. The number of amides is 2. The molecule has 0 aliphatic heterocycles. The lowest BCUT2D eigenvalue weighted by atomic mass is 10.2. The number of anilines is 2. The first kappa shape index (κ1) is 41.2. The van der Waals surface area contributed by atoms with Gasteiger partial charge in [0.05, 0.1) is 22.8 Å². The zero-order chi connectivity index (χ0) is 41.4. The van der Waals surface area contributed by atoms with Crippen molar-refractivity contribution in [1.82, 2.24) is 38.7 Å². The fourth-order valence-electron chi connectivity index (χ4n) is 4.46. The first-order chi connectivity index (χ1) is 25.9. The summed E-state index contributed by atoms with van der Waals surface area (Å²) in [5.74, 6) is -1.04. The molecule has 2 N–H and O–H groups in total. The summed E-state index contributed by atoms with van der Waals surface area (Å²) in [5.41, 5.74) is -5.71. The molecule has 2 amide bonds. The van der Waals surface area contributed by atoms with E-state index >= 15 is 0 Å². The highest BCUT2D eigenvalue weighted by Crippen LogP contribution is 2.38. The van der Waals surface area contributed by atoms with Gasteiger partial charge >= 0.3 is 24.7 Å². The zero-order valence-corrected chi connectivity index (χ0v) is 29.2. The van der Waals surface area contributed by atoms with Gasteiger partial charge in [0.25, 0.3) is 11.8 Å². The van der Waals surface area contributed by atoms with Crippen molar-refractivity contribution in [2.75, 3.05) is 10.6 Å². The molecule has 0 atom stereocenters. The number of carbonyl (C=O) groups excluding carboxylic acids is 2. The molecular weight excluding hydrogens is 825 g/mol. The van der Waals surface area contributed by atoms with E-state index in [9.17, 15) is 62.3 Å². The minimum Gasteiger partial charge on any atom is -0.321 e. The van der Waals surface area contributed by atoms with Crippen LogP contribution in [0, 0.1) is 13.8 Å². The highest BCUT2D eigenvalue weighted by molar-refractivity contribution is 7.08. The number of halogens is 12. The molecule has 4 aromatic heterocycles. The molecule has 0 aliphatic rings. The maximum atomic E-state index is 13.1. The molecule has 0 unspecified atom stereocenters. The largest absolute Gasteiger partial charge is 0.435 e. The summed E-state index contributed by atoms with van der Waals surface area (Å²) in [5, 5.41) is 18.4. The lowest BCUT2D eigenvalue weighted by molar-refractivity contribution is -0.145. The predicted octanol–water partition coefficient (Wildman–Crippen LogP) is 8.64. The average molecular weight is 843 g/mol. The van der Waals surface area contributed by atoms with E-state index in [1.807, 2.05) is 0 Å². The second kappa shape index (κ2) is 15.3. The molecule has 6 aromatic rings. The van der Waals surface area contributed by atoms with Crippen LogP contribution in [0.2, 0.25) is 0 Å². The van der Waals surface area contributed by atoms with Crippen molar-refractivity contribution in [1.29, 1.82) is 0 Å². The van der Waals surface area contributed by atoms with Gasteiger partial charge in [0.1, 0.15) is 21.1 Å². The molecule has 0 fully saturated rings. The van der Waals surface area contributed by atoms with Crippen molar-refractivity contribution in [3.8, 4) is 11.4 Å². The molecule has 26 heteroatoms. The molecule has 0 bridgehead atoms. The molecule has 6 rings (SSSR count). The number of nitrogens with one attached hydrogen (secondary N) is 2. The summed E-state index contributed by atoms with van der Waals surface area (Å²) in [6, 6.07) is 9.28. The van der Waals surface area contributed by atoms with Gasteiger partial charge in [-0.15, -0.1) is 10.2 Å². The number of nitrogens with zero attached hydrogens (tertiary/aromatic N) is 8. The minimum atomic E-state index is -5.04. The van der Waals surface area contributed by atoms with Crippen LogP contribution in [0.5, 0.6) is 0 Å². The first-order valence-electron chi connectivity index (χ1n) is 14.8. The summed E-state index contributed by atoms with van der Waals surface area (Å²) < 4.78 is 163. The van der Waals surface area contributed by atoms with Gasteiger partial charge in [0, 0.05) is 23.5 Å². The van der Waals surface area contributed by atoms with Crippen molar-refractivity contribution in [3.63, 3.8) is 0 Å². The Hall–Kier alpha value is -5.92. The molecule has 296 valence electrons. The van der Waals surface area contributed by atoms with Gasteiger partial charge in [-0.3, -0.25) is 9.59 Å². The predicted molar refractivity (Wildman–Crippen MR) is 172 cm³/mol. The topological polar surface area (TPSA) is 145 Å². The van der Waals surface area contributed by atoms with Crippen LogP contribution in [0.15, 0.2) is 60.7 Å². The third-order valence-corrected chi connectivity index (χ3v) is 8.69. The number of hydrogen-bond acceptors (Lipinski definition) is 10. The summed E-state index contributed by atoms with van der Waals surface area (Å²) >= 11 is 1.74. The van der Waals surface area contributed by atoms with Crippen LogP contribution in [0.4, 0.5) is 64.1 Å². The number of rotatable bonds is 6. The molecule has 0 radical (unpaired) electrons. The van der Waals surface area contributed by atoms with Crippen LogP contribution in [-0.4, -0.2) is 50.5 Å². The van der Waals surface area contributed by atoms with Gasteiger partial charge in [-0.05, 0) is 85.4 Å². The van der Waals surface area contributed by atoms with Crippen molar-refractivity contribution in [2.45, 2.75) is 38.6 Å². The lowest BCUT2D eigenvalue weighted by Crippen LogP contribution is -2.14. The van der Waals surface area contributed by atoms with E-state index in [1.54, 1.807) is 13.8 Å². The SMILES string of the molecule is Cc1nnsc1C(=O)Nc1ccc(-n2nc(C(F)(F)F)cc2C(F)(F)F)cc1.Cc1nnsc1C(=O)Nc1ccc(-n2nc(C(F)(F)F)cc2C(F)(F)F)cc1. The second-order valence-corrected chi connectivity index (χ2v) is 12.5. The molecule has 56 heavy (non-hydrogen) atoms. The van der Waals surface area contributed by atoms with Gasteiger partial charge in [0.2, 0.25) is 0 Å². The van der Waals surface area contributed by atoms with Crippen molar-refractivity contribution < 1.29 is 62.3 Å². The lowest BCUT2D eigenvalue weighted by Gasteiger charge is -2.11. The Morgan fingerprint density at radius 2 is 0.857 bits per heavy atom. The zero-order valence-electron chi connectivity index (χ0n) is 27.5. The highest BCUT2D eigenvalue weighted by Gasteiger charge is 2.43. The van der Waals surface area contributed by atoms with E-state index in [1.165, 1.54) is 24.3 Å². The Balaban J connectivity index is 0.000000214. The minimum absolute atomic E-state index is 0.0603. The van der Waals surface area contributed by atoms with Crippen LogP contribution < -0.4 is 10.6 Å². The van der Waals surface area contributed by atoms with E-state index in [4.69, 9.17) is 0 Å². The number of alkyl halides is 12. The Morgan fingerprint density at radius 1 is 0.536 bits per heavy atom. The van der Waals surface area contributed by atoms with Gasteiger partial charge in [0.15, 0.2) is 11.4 Å². The van der Waals surface area contributed by atoms with Crippen molar-refractivity contribution >= 4 is 46.3 Å². The number of carbonyl (C=O) groups is 2. The molecule has 0 spiro atoms. The third-order valence-electron chi connectivity index (χ3n) is 7.04. The average Bonchev–Trinajstić information content (AvgIpc) is 3.91. The third kappa shape index (κ3) is 9.47. The number of hydrogen-bond donors (Lipinski definition) is 2. The van der Waals surface area contributed by atoms with Gasteiger partial charge in [-0.25, -0.2) is 9.36 Å².